The van der Waals surface area contributed by atoms with Gasteiger partial charge in [0, 0.05) is 35.5 Å². The summed E-state index contributed by atoms with van der Waals surface area (Å²) in [4.78, 5) is 42.5. The molecule has 0 bridgehead atoms. The van der Waals surface area contributed by atoms with Crippen LogP contribution in [0.3, 0.4) is 0 Å². The summed E-state index contributed by atoms with van der Waals surface area (Å²) in [6.07, 6.45) is 2.87. The zero-order valence-corrected chi connectivity index (χ0v) is 16.9. The first-order valence-electron chi connectivity index (χ1n) is 9.75. The molecule has 0 radical (unpaired) electrons. The molecule has 4 rings (SSSR count). The van der Waals surface area contributed by atoms with E-state index in [0.717, 1.165) is 6.42 Å². The van der Waals surface area contributed by atoms with E-state index in [1.807, 2.05) is 6.92 Å². The van der Waals surface area contributed by atoms with Gasteiger partial charge in [-0.25, -0.2) is 4.98 Å². The van der Waals surface area contributed by atoms with Gasteiger partial charge < -0.3 is 9.73 Å². The molecule has 0 spiro atoms. The molecule has 32 heavy (non-hydrogen) atoms. The van der Waals surface area contributed by atoms with Crippen molar-refractivity contribution in [3.8, 4) is 17.4 Å². The number of anilines is 1. The molecule has 162 valence electrons. The lowest BCUT2D eigenvalue weighted by Crippen LogP contribution is -2.19. The SMILES string of the molecule is CCCc1cc(=O)[nH]c(-n2nc(-c3ccco3)cc2NC(=O)c2cccc([N+](=O)[O-])c2)n1. The summed E-state index contributed by atoms with van der Waals surface area (Å²) in [6.45, 7) is 1.97. The largest absolute Gasteiger partial charge is 0.463 e. The fraction of sp³-hybridized carbons (Fsp3) is 0.143. The van der Waals surface area contributed by atoms with Crippen molar-refractivity contribution in [3.05, 3.63) is 86.5 Å². The van der Waals surface area contributed by atoms with Crippen molar-refractivity contribution in [2.24, 2.45) is 0 Å². The second kappa shape index (κ2) is 8.68. The van der Waals surface area contributed by atoms with Crippen LogP contribution >= 0.6 is 0 Å². The molecule has 0 fully saturated rings. The number of non-ortho nitro benzene ring substituents is 1. The van der Waals surface area contributed by atoms with Crippen LogP contribution in [-0.4, -0.2) is 30.6 Å². The number of furan rings is 1. The highest BCUT2D eigenvalue weighted by molar-refractivity contribution is 6.04. The van der Waals surface area contributed by atoms with Crippen LogP contribution in [0.2, 0.25) is 0 Å². The molecule has 0 aliphatic carbocycles. The number of nitro groups is 1. The summed E-state index contributed by atoms with van der Waals surface area (Å²) < 4.78 is 6.67. The Morgan fingerprint density at radius 2 is 2.09 bits per heavy atom. The Labute approximate surface area is 180 Å². The highest BCUT2D eigenvalue weighted by Gasteiger charge is 2.19. The van der Waals surface area contributed by atoms with Gasteiger partial charge in [0.25, 0.3) is 17.2 Å². The number of rotatable bonds is 7. The van der Waals surface area contributed by atoms with Crippen molar-refractivity contribution in [1.82, 2.24) is 19.7 Å². The standard InChI is InChI=1S/C21H18N6O5/c1-2-5-14-11-19(28)24-21(22-14)26-18(12-16(25-26)17-8-4-9-32-17)23-20(29)13-6-3-7-15(10-13)27(30)31/h3-4,6-12H,2,5H2,1H3,(H,23,29)(H,22,24,28). The molecule has 0 aliphatic rings. The number of nitro benzene ring substituents is 1. The summed E-state index contributed by atoms with van der Waals surface area (Å²) in [5, 5.41) is 18.1. The minimum absolute atomic E-state index is 0.0904. The van der Waals surface area contributed by atoms with Gasteiger partial charge in [0.1, 0.15) is 11.5 Å². The van der Waals surface area contributed by atoms with E-state index in [-0.39, 0.29) is 28.6 Å². The molecule has 0 aliphatic heterocycles. The second-order valence-electron chi connectivity index (χ2n) is 6.88. The number of carbonyl (C=O) groups excluding carboxylic acids is 1. The summed E-state index contributed by atoms with van der Waals surface area (Å²) in [5.74, 6) is 0.173. The zero-order valence-electron chi connectivity index (χ0n) is 16.9. The van der Waals surface area contributed by atoms with E-state index < -0.39 is 10.8 Å². The molecule has 0 unspecified atom stereocenters. The smallest absolute Gasteiger partial charge is 0.270 e. The van der Waals surface area contributed by atoms with Gasteiger partial charge in [0.2, 0.25) is 5.95 Å². The van der Waals surface area contributed by atoms with Gasteiger partial charge in [-0.05, 0) is 24.6 Å². The zero-order chi connectivity index (χ0) is 22.7. The lowest BCUT2D eigenvalue weighted by Gasteiger charge is -2.09. The number of aromatic amines is 1. The summed E-state index contributed by atoms with van der Waals surface area (Å²) in [7, 11) is 0. The van der Waals surface area contributed by atoms with Gasteiger partial charge in [0.15, 0.2) is 5.76 Å². The number of H-pyrrole nitrogens is 1. The van der Waals surface area contributed by atoms with Crippen molar-refractivity contribution in [2.45, 2.75) is 19.8 Å². The van der Waals surface area contributed by atoms with E-state index in [9.17, 15) is 19.7 Å². The minimum Gasteiger partial charge on any atom is -0.463 e. The summed E-state index contributed by atoms with van der Waals surface area (Å²) in [5.41, 5.74) is 0.503. The van der Waals surface area contributed by atoms with E-state index in [4.69, 9.17) is 4.42 Å². The quantitative estimate of drug-likeness (QED) is 0.335. The van der Waals surface area contributed by atoms with Crippen LogP contribution in [0.25, 0.3) is 17.4 Å². The third-order valence-electron chi connectivity index (χ3n) is 4.53. The van der Waals surface area contributed by atoms with Gasteiger partial charge in [0.05, 0.1) is 11.2 Å². The molecule has 11 nitrogen and oxygen atoms in total. The van der Waals surface area contributed by atoms with E-state index >= 15 is 0 Å². The Morgan fingerprint density at radius 3 is 2.81 bits per heavy atom. The molecule has 11 heteroatoms. The molecule has 2 N–H and O–H groups in total. The van der Waals surface area contributed by atoms with E-state index in [1.54, 1.807) is 18.2 Å². The molecule has 0 saturated heterocycles. The van der Waals surface area contributed by atoms with Crippen molar-refractivity contribution in [1.29, 1.82) is 0 Å². The number of benzene rings is 1. The van der Waals surface area contributed by atoms with Crippen LogP contribution in [0.4, 0.5) is 11.5 Å². The molecular weight excluding hydrogens is 416 g/mol. The highest BCUT2D eigenvalue weighted by atomic mass is 16.6. The number of amides is 1. The van der Waals surface area contributed by atoms with Crippen molar-refractivity contribution in [2.75, 3.05) is 5.32 Å². The van der Waals surface area contributed by atoms with Gasteiger partial charge in [-0.3, -0.25) is 24.7 Å². The molecule has 3 aromatic heterocycles. The summed E-state index contributed by atoms with van der Waals surface area (Å²) >= 11 is 0. The van der Waals surface area contributed by atoms with Crippen LogP contribution in [0.1, 0.15) is 29.4 Å². The minimum atomic E-state index is -0.590. The molecular formula is C21H18N6O5. The van der Waals surface area contributed by atoms with Gasteiger partial charge >= 0.3 is 0 Å². The van der Waals surface area contributed by atoms with E-state index in [2.05, 4.69) is 20.4 Å². The van der Waals surface area contributed by atoms with Gasteiger partial charge in [-0.1, -0.05) is 19.4 Å². The lowest BCUT2D eigenvalue weighted by atomic mass is 10.2. The number of hydrogen-bond donors (Lipinski definition) is 2. The van der Waals surface area contributed by atoms with Crippen molar-refractivity contribution >= 4 is 17.4 Å². The third-order valence-corrected chi connectivity index (χ3v) is 4.53. The topological polar surface area (TPSA) is 149 Å². The monoisotopic (exact) mass is 434 g/mol. The number of nitrogens with zero attached hydrogens (tertiary/aromatic N) is 4. The summed E-state index contributed by atoms with van der Waals surface area (Å²) in [6, 6.07) is 11.7. The number of carbonyl (C=O) groups is 1. The van der Waals surface area contributed by atoms with Gasteiger partial charge in [-0.15, -0.1) is 0 Å². The maximum Gasteiger partial charge on any atom is 0.270 e. The Bertz CT molecular complexity index is 1340. The molecule has 1 amide bonds. The maximum absolute atomic E-state index is 12.8. The van der Waals surface area contributed by atoms with Crippen LogP contribution in [0.15, 0.2) is 64.0 Å². The molecule has 4 aromatic rings. The third kappa shape index (κ3) is 4.31. The predicted octanol–water partition coefficient (Wildman–Crippen LogP) is 3.33. The Morgan fingerprint density at radius 1 is 1.25 bits per heavy atom. The number of hydrogen-bond acceptors (Lipinski definition) is 7. The average molecular weight is 434 g/mol. The lowest BCUT2D eigenvalue weighted by molar-refractivity contribution is -0.384. The van der Waals surface area contributed by atoms with Crippen LogP contribution in [-0.2, 0) is 6.42 Å². The van der Waals surface area contributed by atoms with Crippen molar-refractivity contribution in [3.63, 3.8) is 0 Å². The number of aromatic nitrogens is 4. The average Bonchev–Trinajstić information content (AvgIpc) is 3.44. The van der Waals surface area contributed by atoms with Crippen LogP contribution in [0.5, 0.6) is 0 Å². The Balaban J connectivity index is 1.76. The molecule has 0 atom stereocenters. The normalized spacial score (nSPS) is 10.8. The first kappa shape index (κ1) is 20.7. The highest BCUT2D eigenvalue weighted by Crippen LogP contribution is 2.25. The first-order valence-corrected chi connectivity index (χ1v) is 9.75. The number of aryl methyl sites for hydroxylation is 1. The fourth-order valence-corrected chi connectivity index (χ4v) is 3.10. The molecule has 0 saturated carbocycles. The molecule has 1 aromatic carbocycles. The fourth-order valence-electron chi connectivity index (χ4n) is 3.10. The van der Waals surface area contributed by atoms with Crippen molar-refractivity contribution < 1.29 is 14.1 Å². The van der Waals surface area contributed by atoms with Crippen LogP contribution in [0, 0.1) is 10.1 Å². The van der Waals surface area contributed by atoms with E-state index in [0.29, 0.717) is 23.6 Å². The predicted molar refractivity (Wildman–Crippen MR) is 115 cm³/mol. The molecule has 3 heterocycles. The van der Waals surface area contributed by atoms with E-state index in [1.165, 1.54) is 41.3 Å². The maximum atomic E-state index is 12.8. The number of nitrogens with one attached hydrogen (secondary N) is 2. The Hall–Kier alpha value is -4.54. The second-order valence-corrected chi connectivity index (χ2v) is 6.88. The van der Waals surface area contributed by atoms with Crippen LogP contribution < -0.4 is 10.9 Å². The van der Waals surface area contributed by atoms with Gasteiger partial charge in [-0.2, -0.15) is 9.78 Å². The Kier molecular flexibility index (Phi) is 5.62. The first-order chi connectivity index (χ1) is 15.4.